The highest BCUT2D eigenvalue weighted by Gasteiger charge is 2.18. The van der Waals surface area contributed by atoms with Crippen molar-refractivity contribution >= 4 is 37.8 Å². The molecule has 0 spiro atoms. The van der Waals surface area contributed by atoms with Crippen LogP contribution < -0.4 is 0 Å². The predicted molar refractivity (Wildman–Crippen MR) is 74.1 cm³/mol. The Morgan fingerprint density at radius 2 is 2.12 bits per heavy atom. The van der Waals surface area contributed by atoms with Gasteiger partial charge in [0.1, 0.15) is 5.82 Å². The maximum Gasteiger partial charge on any atom is 0.256 e. The van der Waals surface area contributed by atoms with Gasteiger partial charge in [-0.15, -0.1) is 0 Å². The van der Waals surface area contributed by atoms with Crippen LogP contribution >= 0.6 is 31.9 Å². The topological polar surface area (TPSA) is 20.3 Å². The summed E-state index contributed by atoms with van der Waals surface area (Å²) in [5.74, 6) is -0.739. The second-order valence-corrected chi connectivity index (χ2v) is 5.31. The molecule has 0 aliphatic heterocycles. The summed E-state index contributed by atoms with van der Waals surface area (Å²) in [5.41, 5.74) is 0.127. The second-order valence-electron chi connectivity index (χ2n) is 3.61. The number of amides is 1. The minimum atomic E-state index is -0.486. The molecular formula is C12H14Br2FNO. The van der Waals surface area contributed by atoms with Crippen LogP contribution in [0, 0.1) is 5.82 Å². The van der Waals surface area contributed by atoms with Crippen LogP contribution in [0.3, 0.4) is 0 Å². The standard InChI is InChI=1S/C12H14Br2FNO/c1-2-6-16(7-5-13)12(17)10-4-3-9(14)8-11(10)15/h3-4,8H,2,5-7H2,1H3. The average Bonchev–Trinajstić information content (AvgIpc) is 2.28. The molecule has 0 unspecified atom stereocenters. The number of carbonyl (C=O) groups is 1. The van der Waals surface area contributed by atoms with E-state index in [0.717, 1.165) is 6.42 Å². The minimum absolute atomic E-state index is 0.127. The lowest BCUT2D eigenvalue weighted by Gasteiger charge is -2.21. The van der Waals surface area contributed by atoms with Gasteiger partial charge in [0.15, 0.2) is 0 Å². The zero-order valence-corrected chi connectivity index (χ0v) is 12.7. The lowest BCUT2D eigenvalue weighted by molar-refractivity contribution is 0.0762. The van der Waals surface area contributed by atoms with E-state index in [1.165, 1.54) is 12.1 Å². The number of hydrogen-bond acceptors (Lipinski definition) is 1. The third kappa shape index (κ3) is 4.07. The number of halogens is 3. The Labute approximate surface area is 117 Å². The van der Waals surface area contributed by atoms with Crippen LogP contribution in [0.1, 0.15) is 23.7 Å². The first kappa shape index (κ1) is 14.6. The van der Waals surface area contributed by atoms with Crippen LogP contribution in [0.4, 0.5) is 4.39 Å². The van der Waals surface area contributed by atoms with Crippen molar-refractivity contribution < 1.29 is 9.18 Å². The Hall–Kier alpha value is -0.420. The molecule has 5 heteroatoms. The van der Waals surface area contributed by atoms with Gasteiger partial charge in [0.25, 0.3) is 5.91 Å². The SMILES string of the molecule is CCCN(CCBr)C(=O)c1ccc(Br)cc1F. The van der Waals surface area contributed by atoms with E-state index in [0.29, 0.717) is 22.9 Å². The fraction of sp³-hybridized carbons (Fsp3) is 0.417. The fourth-order valence-corrected chi connectivity index (χ4v) is 2.28. The molecule has 2 nitrogen and oxygen atoms in total. The van der Waals surface area contributed by atoms with Crippen LogP contribution in [-0.2, 0) is 0 Å². The fourth-order valence-electron chi connectivity index (χ4n) is 1.52. The second kappa shape index (κ2) is 7.11. The number of nitrogens with zero attached hydrogens (tertiary/aromatic N) is 1. The predicted octanol–water partition coefficient (Wildman–Crippen LogP) is 3.84. The molecule has 0 bridgehead atoms. The zero-order chi connectivity index (χ0) is 12.8. The smallest absolute Gasteiger partial charge is 0.256 e. The Bertz CT molecular complexity index is 392. The molecule has 0 N–H and O–H groups in total. The summed E-state index contributed by atoms with van der Waals surface area (Å²) in [5, 5.41) is 0.691. The summed E-state index contributed by atoms with van der Waals surface area (Å²) in [6.07, 6.45) is 0.858. The maximum atomic E-state index is 13.7. The number of benzene rings is 1. The summed E-state index contributed by atoms with van der Waals surface area (Å²) in [6.45, 7) is 3.22. The van der Waals surface area contributed by atoms with Crippen LogP contribution in [0.15, 0.2) is 22.7 Å². The first-order chi connectivity index (χ1) is 8.10. The molecule has 0 radical (unpaired) electrons. The van der Waals surface area contributed by atoms with Crippen molar-refractivity contribution in [2.75, 3.05) is 18.4 Å². The van der Waals surface area contributed by atoms with Crippen LogP contribution in [-0.4, -0.2) is 29.2 Å². The number of rotatable bonds is 5. The molecule has 0 heterocycles. The third-order valence-corrected chi connectivity index (χ3v) is 3.14. The molecule has 0 saturated heterocycles. The molecule has 0 aliphatic carbocycles. The van der Waals surface area contributed by atoms with E-state index in [4.69, 9.17) is 0 Å². The van der Waals surface area contributed by atoms with E-state index in [2.05, 4.69) is 31.9 Å². The van der Waals surface area contributed by atoms with E-state index in [9.17, 15) is 9.18 Å². The van der Waals surface area contributed by atoms with Gasteiger partial charge in [-0.05, 0) is 24.6 Å². The molecule has 1 rings (SSSR count). The molecule has 1 amide bonds. The van der Waals surface area contributed by atoms with Crippen molar-refractivity contribution in [1.82, 2.24) is 4.90 Å². The molecular weight excluding hydrogens is 353 g/mol. The molecule has 0 aromatic heterocycles. The lowest BCUT2D eigenvalue weighted by Crippen LogP contribution is -2.33. The van der Waals surface area contributed by atoms with Gasteiger partial charge in [-0.1, -0.05) is 38.8 Å². The number of hydrogen-bond donors (Lipinski definition) is 0. The Morgan fingerprint density at radius 1 is 1.41 bits per heavy atom. The monoisotopic (exact) mass is 365 g/mol. The zero-order valence-electron chi connectivity index (χ0n) is 9.55. The minimum Gasteiger partial charge on any atom is -0.338 e. The molecule has 17 heavy (non-hydrogen) atoms. The quantitative estimate of drug-likeness (QED) is 0.725. The van der Waals surface area contributed by atoms with Gasteiger partial charge in [-0.3, -0.25) is 4.79 Å². The van der Waals surface area contributed by atoms with Crippen molar-refractivity contribution in [2.45, 2.75) is 13.3 Å². The van der Waals surface area contributed by atoms with Gasteiger partial charge in [-0.2, -0.15) is 0 Å². The third-order valence-electron chi connectivity index (χ3n) is 2.30. The van der Waals surface area contributed by atoms with E-state index >= 15 is 0 Å². The van der Waals surface area contributed by atoms with Crippen LogP contribution in [0.2, 0.25) is 0 Å². The summed E-state index contributed by atoms with van der Waals surface area (Å²) in [4.78, 5) is 13.8. The summed E-state index contributed by atoms with van der Waals surface area (Å²) in [7, 11) is 0. The molecule has 1 aromatic rings. The Kier molecular flexibility index (Phi) is 6.12. The largest absolute Gasteiger partial charge is 0.338 e. The first-order valence-electron chi connectivity index (χ1n) is 5.40. The first-order valence-corrected chi connectivity index (χ1v) is 7.32. The molecule has 0 saturated carbocycles. The summed E-state index contributed by atoms with van der Waals surface area (Å²) < 4.78 is 14.3. The molecule has 94 valence electrons. The van der Waals surface area contributed by atoms with Crippen LogP contribution in [0.25, 0.3) is 0 Å². The van der Waals surface area contributed by atoms with Gasteiger partial charge < -0.3 is 4.90 Å². The Morgan fingerprint density at radius 3 is 2.65 bits per heavy atom. The van der Waals surface area contributed by atoms with E-state index in [1.54, 1.807) is 11.0 Å². The van der Waals surface area contributed by atoms with Crippen molar-refractivity contribution in [3.63, 3.8) is 0 Å². The highest BCUT2D eigenvalue weighted by atomic mass is 79.9. The van der Waals surface area contributed by atoms with E-state index < -0.39 is 5.82 Å². The van der Waals surface area contributed by atoms with E-state index in [-0.39, 0.29) is 11.5 Å². The van der Waals surface area contributed by atoms with Crippen molar-refractivity contribution in [3.8, 4) is 0 Å². The summed E-state index contributed by atoms with van der Waals surface area (Å²) >= 11 is 6.47. The van der Waals surface area contributed by atoms with Crippen molar-refractivity contribution in [2.24, 2.45) is 0 Å². The average molecular weight is 367 g/mol. The van der Waals surface area contributed by atoms with Gasteiger partial charge in [0.05, 0.1) is 5.56 Å². The van der Waals surface area contributed by atoms with Crippen molar-refractivity contribution in [3.05, 3.63) is 34.1 Å². The van der Waals surface area contributed by atoms with Gasteiger partial charge in [0, 0.05) is 22.9 Å². The number of carbonyl (C=O) groups excluding carboxylic acids is 1. The normalized spacial score (nSPS) is 10.4. The molecule has 1 aromatic carbocycles. The van der Waals surface area contributed by atoms with Crippen LogP contribution in [0.5, 0.6) is 0 Å². The van der Waals surface area contributed by atoms with Gasteiger partial charge in [-0.25, -0.2) is 4.39 Å². The maximum absolute atomic E-state index is 13.7. The Balaban J connectivity index is 2.92. The molecule has 0 aliphatic rings. The highest BCUT2D eigenvalue weighted by molar-refractivity contribution is 9.10. The van der Waals surface area contributed by atoms with Gasteiger partial charge in [0.2, 0.25) is 0 Å². The summed E-state index contributed by atoms with van der Waals surface area (Å²) in [6, 6.07) is 4.50. The number of alkyl halides is 1. The van der Waals surface area contributed by atoms with E-state index in [1.807, 2.05) is 6.92 Å². The van der Waals surface area contributed by atoms with Gasteiger partial charge >= 0.3 is 0 Å². The highest BCUT2D eigenvalue weighted by Crippen LogP contribution is 2.17. The molecule has 0 atom stereocenters. The van der Waals surface area contributed by atoms with Crippen molar-refractivity contribution in [1.29, 1.82) is 0 Å². The molecule has 0 fully saturated rings. The lowest BCUT2D eigenvalue weighted by atomic mass is 10.2.